The van der Waals surface area contributed by atoms with Crippen molar-refractivity contribution in [2.24, 2.45) is 0 Å². The molecule has 0 radical (unpaired) electrons. The van der Waals surface area contributed by atoms with E-state index in [0.717, 1.165) is 0 Å². The van der Waals surface area contributed by atoms with E-state index >= 15 is 0 Å². The molecule has 0 fully saturated rings. The summed E-state index contributed by atoms with van der Waals surface area (Å²) in [5.41, 5.74) is 0.0148. The van der Waals surface area contributed by atoms with Gasteiger partial charge in [-0.2, -0.15) is 0 Å². The number of carbonyl (C=O) groups excluding carboxylic acids is 1. The van der Waals surface area contributed by atoms with Crippen molar-refractivity contribution >= 4 is 17.0 Å². The predicted molar refractivity (Wildman–Crippen MR) is 81.1 cm³/mol. The van der Waals surface area contributed by atoms with Gasteiger partial charge in [-0.3, -0.25) is 9.36 Å². The molecule has 110 valence electrons. The Kier molecular flexibility index (Phi) is 3.65. The Balaban J connectivity index is 2.34. The first-order chi connectivity index (χ1) is 10.7. The molecule has 0 bridgehead atoms. The van der Waals surface area contributed by atoms with Crippen molar-refractivity contribution in [2.45, 2.75) is 6.92 Å². The summed E-state index contributed by atoms with van der Waals surface area (Å²) < 4.78 is 6.57. The minimum Gasteiger partial charge on any atom is -0.462 e. The molecule has 6 nitrogen and oxygen atoms in total. The summed E-state index contributed by atoms with van der Waals surface area (Å²) in [6.45, 7) is 1.89. The van der Waals surface area contributed by atoms with Gasteiger partial charge >= 0.3 is 5.97 Å². The van der Waals surface area contributed by atoms with Gasteiger partial charge < -0.3 is 4.74 Å². The number of ether oxygens (including phenoxy) is 1. The van der Waals surface area contributed by atoms with E-state index in [2.05, 4.69) is 9.97 Å². The fourth-order valence-corrected chi connectivity index (χ4v) is 2.19. The van der Waals surface area contributed by atoms with Gasteiger partial charge in [-0.05, 0) is 31.2 Å². The maximum absolute atomic E-state index is 12.5. The van der Waals surface area contributed by atoms with Crippen molar-refractivity contribution in [3.8, 4) is 5.82 Å². The quantitative estimate of drug-likeness (QED) is 0.690. The summed E-state index contributed by atoms with van der Waals surface area (Å²) in [5, 5.41) is 0.346. The first-order valence-electron chi connectivity index (χ1n) is 6.81. The van der Waals surface area contributed by atoms with Crippen LogP contribution in [0.5, 0.6) is 0 Å². The third kappa shape index (κ3) is 2.35. The normalized spacial score (nSPS) is 10.6. The molecule has 0 saturated heterocycles. The van der Waals surface area contributed by atoms with Crippen molar-refractivity contribution in [1.29, 1.82) is 0 Å². The standard InChI is InChI=1S/C16H13N3O3/c1-2-22-16(21)12-10-19(13-7-3-4-8-17-13)15-11(14(12)20)6-5-9-18-15/h3-10H,2H2,1H3. The van der Waals surface area contributed by atoms with Gasteiger partial charge in [0.25, 0.3) is 0 Å². The monoisotopic (exact) mass is 295 g/mol. The van der Waals surface area contributed by atoms with Crippen LogP contribution in [0.1, 0.15) is 17.3 Å². The lowest BCUT2D eigenvalue weighted by Gasteiger charge is -2.11. The van der Waals surface area contributed by atoms with Crippen LogP contribution >= 0.6 is 0 Å². The molecule has 0 spiro atoms. The van der Waals surface area contributed by atoms with Crippen molar-refractivity contribution in [1.82, 2.24) is 14.5 Å². The van der Waals surface area contributed by atoms with Crippen LogP contribution in [-0.2, 0) is 4.74 Å². The maximum atomic E-state index is 12.5. The Morgan fingerprint density at radius 3 is 2.73 bits per heavy atom. The third-order valence-electron chi connectivity index (χ3n) is 3.15. The van der Waals surface area contributed by atoms with Gasteiger partial charge in [0.2, 0.25) is 5.43 Å². The van der Waals surface area contributed by atoms with E-state index in [1.54, 1.807) is 48.1 Å². The number of pyridine rings is 3. The van der Waals surface area contributed by atoms with Crippen molar-refractivity contribution < 1.29 is 9.53 Å². The second-order valence-electron chi connectivity index (χ2n) is 4.52. The first-order valence-corrected chi connectivity index (χ1v) is 6.81. The van der Waals surface area contributed by atoms with Gasteiger partial charge in [0, 0.05) is 18.6 Å². The van der Waals surface area contributed by atoms with Gasteiger partial charge in [-0.15, -0.1) is 0 Å². The van der Waals surface area contributed by atoms with Crippen LogP contribution in [-0.4, -0.2) is 27.1 Å². The second kappa shape index (κ2) is 5.77. The molecule has 0 atom stereocenters. The number of hydrogen-bond acceptors (Lipinski definition) is 5. The lowest BCUT2D eigenvalue weighted by molar-refractivity contribution is 0.0524. The van der Waals surface area contributed by atoms with Crippen LogP contribution in [0.25, 0.3) is 16.9 Å². The smallest absolute Gasteiger partial charge is 0.343 e. The van der Waals surface area contributed by atoms with Crippen LogP contribution in [0.4, 0.5) is 0 Å². The van der Waals surface area contributed by atoms with E-state index in [1.807, 2.05) is 6.07 Å². The number of carbonyl (C=O) groups is 1. The highest BCUT2D eigenvalue weighted by atomic mass is 16.5. The molecule has 3 aromatic rings. The molecular formula is C16H13N3O3. The van der Waals surface area contributed by atoms with Crippen LogP contribution in [0, 0.1) is 0 Å². The molecule has 3 heterocycles. The van der Waals surface area contributed by atoms with Gasteiger partial charge in [0.15, 0.2) is 0 Å². The van der Waals surface area contributed by atoms with Crippen LogP contribution in [0.15, 0.2) is 53.7 Å². The minimum absolute atomic E-state index is 0.0343. The lowest BCUT2D eigenvalue weighted by Crippen LogP contribution is -2.21. The number of rotatable bonds is 3. The average Bonchev–Trinajstić information content (AvgIpc) is 2.56. The topological polar surface area (TPSA) is 74.1 Å². The number of nitrogens with zero attached hydrogens (tertiary/aromatic N) is 3. The van der Waals surface area contributed by atoms with Gasteiger partial charge in [-0.1, -0.05) is 6.07 Å². The largest absolute Gasteiger partial charge is 0.462 e. The Morgan fingerprint density at radius 2 is 2.00 bits per heavy atom. The zero-order valence-electron chi connectivity index (χ0n) is 11.9. The average molecular weight is 295 g/mol. The minimum atomic E-state index is -0.650. The summed E-state index contributed by atoms with van der Waals surface area (Å²) in [7, 11) is 0. The summed E-state index contributed by atoms with van der Waals surface area (Å²) in [6, 6.07) is 8.66. The Labute approximate surface area is 126 Å². The van der Waals surface area contributed by atoms with Crippen LogP contribution in [0.3, 0.4) is 0 Å². The molecule has 0 saturated carbocycles. The van der Waals surface area contributed by atoms with E-state index in [4.69, 9.17) is 4.74 Å². The van der Waals surface area contributed by atoms with E-state index in [0.29, 0.717) is 16.9 Å². The number of esters is 1. The molecule has 0 aliphatic heterocycles. The molecule has 0 amide bonds. The van der Waals surface area contributed by atoms with E-state index < -0.39 is 11.4 Å². The van der Waals surface area contributed by atoms with Gasteiger partial charge in [-0.25, -0.2) is 14.8 Å². The SMILES string of the molecule is CCOC(=O)c1cn(-c2ccccn2)c2ncccc2c1=O. The predicted octanol–water partition coefficient (Wildman–Crippen LogP) is 1.96. The molecule has 3 aromatic heterocycles. The molecule has 3 rings (SSSR count). The second-order valence-corrected chi connectivity index (χ2v) is 4.52. The number of hydrogen-bond donors (Lipinski definition) is 0. The first kappa shape index (κ1) is 13.9. The zero-order chi connectivity index (χ0) is 15.5. The molecule has 0 aliphatic rings. The van der Waals surface area contributed by atoms with Crippen molar-refractivity contribution in [2.75, 3.05) is 6.61 Å². The van der Waals surface area contributed by atoms with E-state index in [-0.39, 0.29) is 12.2 Å². The molecule has 6 heteroatoms. The van der Waals surface area contributed by atoms with Crippen LogP contribution in [0.2, 0.25) is 0 Å². The van der Waals surface area contributed by atoms with E-state index in [1.165, 1.54) is 6.20 Å². The number of aromatic nitrogens is 3. The van der Waals surface area contributed by atoms with E-state index in [9.17, 15) is 9.59 Å². The fraction of sp³-hybridized carbons (Fsp3) is 0.125. The van der Waals surface area contributed by atoms with Gasteiger partial charge in [0.1, 0.15) is 17.0 Å². The maximum Gasteiger partial charge on any atom is 0.343 e. The summed E-state index contributed by atoms with van der Waals surface area (Å²) in [6.07, 6.45) is 4.65. The Morgan fingerprint density at radius 1 is 1.18 bits per heavy atom. The summed E-state index contributed by atoms with van der Waals surface area (Å²) in [4.78, 5) is 32.9. The lowest BCUT2D eigenvalue weighted by atomic mass is 10.2. The zero-order valence-corrected chi connectivity index (χ0v) is 11.9. The molecule has 0 unspecified atom stereocenters. The highest BCUT2D eigenvalue weighted by molar-refractivity contribution is 5.93. The Hall–Kier alpha value is -3.02. The third-order valence-corrected chi connectivity index (χ3v) is 3.15. The summed E-state index contributed by atoms with van der Waals surface area (Å²) in [5.74, 6) is -0.0836. The van der Waals surface area contributed by atoms with Crippen molar-refractivity contribution in [3.05, 3.63) is 64.7 Å². The Bertz CT molecular complexity index is 888. The highest BCUT2D eigenvalue weighted by Gasteiger charge is 2.17. The number of fused-ring (bicyclic) bond motifs is 1. The fourth-order valence-electron chi connectivity index (χ4n) is 2.19. The molecule has 22 heavy (non-hydrogen) atoms. The van der Waals surface area contributed by atoms with Gasteiger partial charge in [0.05, 0.1) is 12.0 Å². The van der Waals surface area contributed by atoms with Crippen LogP contribution < -0.4 is 5.43 Å². The molecule has 0 N–H and O–H groups in total. The molecular weight excluding hydrogens is 282 g/mol. The molecule has 0 aromatic carbocycles. The van der Waals surface area contributed by atoms with Crippen molar-refractivity contribution in [3.63, 3.8) is 0 Å². The highest BCUT2D eigenvalue weighted by Crippen LogP contribution is 2.14. The summed E-state index contributed by atoms with van der Waals surface area (Å²) >= 11 is 0. The molecule has 0 aliphatic carbocycles.